The molecule has 0 amide bonds. The fourth-order valence-electron chi connectivity index (χ4n) is 5.01. The zero-order chi connectivity index (χ0) is 24.2. The molecule has 0 saturated heterocycles. The van der Waals surface area contributed by atoms with Crippen molar-refractivity contribution < 1.29 is 19.4 Å². The van der Waals surface area contributed by atoms with Gasteiger partial charge in [0, 0.05) is 17.9 Å². The molecule has 0 radical (unpaired) electrons. The molecule has 2 aromatic carbocycles. The molecule has 1 saturated carbocycles. The first kappa shape index (κ1) is 23.2. The van der Waals surface area contributed by atoms with Gasteiger partial charge in [0.1, 0.15) is 11.0 Å². The molecule has 2 heterocycles. The van der Waals surface area contributed by atoms with E-state index in [0.29, 0.717) is 31.2 Å². The van der Waals surface area contributed by atoms with E-state index in [9.17, 15) is 14.7 Å². The summed E-state index contributed by atoms with van der Waals surface area (Å²) in [4.78, 5) is 22.9. The number of carbonyl (C=O) groups is 2. The zero-order valence-electron chi connectivity index (χ0n) is 19.2. The third-order valence-electron chi connectivity index (χ3n) is 6.66. The Balaban J connectivity index is 1.57. The topological polar surface area (TPSA) is 107 Å². The fourth-order valence-corrected chi connectivity index (χ4v) is 5.52. The number of carbonyl (C=O) groups excluding carboxylic acids is 1. The lowest BCUT2D eigenvalue weighted by atomic mass is 9.84. The SMILES string of the molecule is O=COc1c(Cc2ccc3nsnc3c2)c(C2CCCCC2)nn1Cc1ccccc1CC(=O)O. The third kappa shape index (κ3) is 5.09. The Kier molecular flexibility index (Phi) is 6.85. The largest absolute Gasteiger partial charge is 0.481 e. The van der Waals surface area contributed by atoms with E-state index >= 15 is 0 Å². The van der Waals surface area contributed by atoms with Crippen LogP contribution in [0.15, 0.2) is 42.5 Å². The van der Waals surface area contributed by atoms with Crippen LogP contribution in [0.3, 0.4) is 0 Å². The molecule has 1 aliphatic carbocycles. The van der Waals surface area contributed by atoms with E-state index < -0.39 is 5.97 Å². The molecule has 5 rings (SSSR count). The first-order valence-corrected chi connectivity index (χ1v) is 12.5. The van der Waals surface area contributed by atoms with Crippen LogP contribution in [0.2, 0.25) is 0 Å². The molecule has 4 aromatic rings. The van der Waals surface area contributed by atoms with E-state index in [2.05, 4.69) is 8.75 Å². The highest BCUT2D eigenvalue weighted by molar-refractivity contribution is 7.00. The summed E-state index contributed by atoms with van der Waals surface area (Å²) in [5, 5.41) is 14.3. The number of aromatic nitrogens is 4. The van der Waals surface area contributed by atoms with Crippen LogP contribution in [-0.4, -0.2) is 36.1 Å². The Labute approximate surface area is 206 Å². The lowest BCUT2D eigenvalue weighted by molar-refractivity contribution is -0.136. The van der Waals surface area contributed by atoms with Crippen molar-refractivity contribution >= 4 is 35.2 Å². The van der Waals surface area contributed by atoms with Gasteiger partial charge in [-0.25, -0.2) is 4.68 Å². The van der Waals surface area contributed by atoms with Crippen LogP contribution < -0.4 is 4.74 Å². The summed E-state index contributed by atoms with van der Waals surface area (Å²) in [6, 6.07) is 13.4. The molecule has 180 valence electrons. The molecule has 2 aromatic heterocycles. The number of benzene rings is 2. The quantitative estimate of drug-likeness (QED) is 0.338. The fraction of sp³-hybridized carbons (Fsp3) is 0.346. The van der Waals surface area contributed by atoms with Gasteiger partial charge < -0.3 is 9.84 Å². The molecule has 0 aliphatic heterocycles. The number of nitrogens with zero attached hydrogens (tertiary/aromatic N) is 4. The molecule has 1 fully saturated rings. The molecule has 0 atom stereocenters. The minimum atomic E-state index is -0.891. The summed E-state index contributed by atoms with van der Waals surface area (Å²) >= 11 is 1.19. The van der Waals surface area contributed by atoms with Crippen LogP contribution in [0.5, 0.6) is 5.88 Å². The van der Waals surface area contributed by atoms with E-state index in [-0.39, 0.29) is 6.42 Å². The Morgan fingerprint density at radius 1 is 1.09 bits per heavy atom. The molecule has 1 aliphatic rings. The van der Waals surface area contributed by atoms with Crippen molar-refractivity contribution in [3.05, 3.63) is 70.4 Å². The highest BCUT2D eigenvalue weighted by Gasteiger charge is 2.27. The summed E-state index contributed by atoms with van der Waals surface area (Å²) in [7, 11) is 0. The van der Waals surface area contributed by atoms with E-state index in [4.69, 9.17) is 9.84 Å². The van der Waals surface area contributed by atoms with Crippen molar-refractivity contribution in [1.82, 2.24) is 18.5 Å². The molecule has 1 N–H and O–H groups in total. The van der Waals surface area contributed by atoms with Gasteiger partial charge in [-0.05, 0) is 41.7 Å². The first-order chi connectivity index (χ1) is 17.1. The van der Waals surface area contributed by atoms with Crippen molar-refractivity contribution in [3.63, 3.8) is 0 Å². The maximum absolute atomic E-state index is 11.6. The third-order valence-corrected chi connectivity index (χ3v) is 7.22. The predicted molar refractivity (Wildman–Crippen MR) is 132 cm³/mol. The van der Waals surface area contributed by atoms with Gasteiger partial charge in [0.25, 0.3) is 6.47 Å². The van der Waals surface area contributed by atoms with Gasteiger partial charge in [0.05, 0.1) is 30.4 Å². The molecule has 35 heavy (non-hydrogen) atoms. The van der Waals surface area contributed by atoms with Crippen LogP contribution in [0.25, 0.3) is 11.0 Å². The first-order valence-electron chi connectivity index (χ1n) is 11.8. The maximum Gasteiger partial charge on any atom is 0.307 e. The molecule has 0 spiro atoms. The van der Waals surface area contributed by atoms with Crippen LogP contribution in [-0.2, 0) is 29.0 Å². The number of hydrogen-bond acceptors (Lipinski definition) is 7. The van der Waals surface area contributed by atoms with E-state index in [1.807, 2.05) is 42.5 Å². The van der Waals surface area contributed by atoms with Crippen molar-refractivity contribution in [2.75, 3.05) is 0 Å². The minimum Gasteiger partial charge on any atom is -0.481 e. The average molecular weight is 491 g/mol. The van der Waals surface area contributed by atoms with Crippen molar-refractivity contribution in [1.29, 1.82) is 0 Å². The van der Waals surface area contributed by atoms with Gasteiger partial charge in [-0.1, -0.05) is 49.6 Å². The second-order valence-corrected chi connectivity index (χ2v) is 9.51. The summed E-state index contributed by atoms with van der Waals surface area (Å²) in [6.45, 7) is 0.764. The smallest absolute Gasteiger partial charge is 0.307 e. The Morgan fingerprint density at radius 2 is 1.86 bits per heavy atom. The highest BCUT2D eigenvalue weighted by atomic mass is 32.1. The van der Waals surface area contributed by atoms with Crippen LogP contribution >= 0.6 is 11.7 Å². The Bertz CT molecular complexity index is 1360. The Hall–Kier alpha value is -3.59. The second-order valence-electron chi connectivity index (χ2n) is 8.98. The lowest BCUT2D eigenvalue weighted by Gasteiger charge is -2.21. The van der Waals surface area contributed by atoms with E-state index in [1.165, 1.54) is 18.1 Å². The van der Waals surface area contributed by atoms with Gasteiger partial charge in [-0.3, -0.25) is 9.59 Å². The minimum absolute atomic E-state index is 0.0780. The normalized spacial score (nSPS) is 14.3. The molecule has 8 nitrogen and oxygen atoms in total. The summed E-state index contributed by atoms with van der Waals surface area (Å²) in [6.07, 6.45) is 6.10. The van der Waals surface area contributed by atoms with Crippen molar-refractivity contribution in [3.8, 4) is 5.88 Å². The summed E-state index contributed by atoms with van der Waals surface area (Å²) < 4.78 is 15.9. The number of carboxylic acids is 1. The zero-order valence-corrected chi connectivity index (χ0v) is 20.0. The van der Waals surface area contributed by atoms with Gasteiger partial charge in [0.15, 0.2) is 0 Å². The molecular formula is C26H26N4O4S. The van der Waals surface area contributed by atoms with E-state index in [0.717, 1.165) is 64.7 Å². The van der Waals surface area contributed by atoms with Crippen molar-refractivity contribution in [2.24, 2.45) is 0 Å². The van der Waals surface area contributed by atoms with Gasteiger partial charge in [0.2, 0.25) is 5.88 Å². The Morgan fingerprint density at radius 3 is 2.63 bits per heavy atom. The average Bonchev–Trinajstić information content (AvgIpc) is 3.46. The highest BCUT2D eigenvalue weighted by Crippen LogP contribution is 2.38. The summed E-state index contributed by atoms with van der Waals surface area (Å²) in [5.74, 6) is -0.173. The number of carboxylic acid groups (broad SMARTS) is 1. The monoisotopic (exact) mass is 490 g/mol. The number of aliphatic carboxylic acids is 1. The maximum atomic E-state index is 11.6. The van der Waals surface area contributed by atoms with Crippen LogP contribution in [0, 0.1) is 0 Å². The van der Waals surface area contributed by atoms with E-state index in [1.54, 1.807) is 4.68 Å². The standard InChI is InChI=1S/C26H26N4O4S/c31-16-34-26-21(12-17-10-11-22-23(13-17)29-35-28-22)25(18-6-2-1-3-7-18)27-30(26)15-20-9-5-4-8-19(20)14-24(32)33/h4-5,8-11,13,16,18H,1-3,6-7,12,14-15H2,(H,32,33). The lowest BCUT2D eigenvalue weighted by Crippen LogP contribution is -2.11. The van der Waals surface area contributed by atoms with Crippen molar-refractivity contribution in [2.45, 2.75) is 57.4 Å². The van der Waals surface area contributed by atoms with Crippen LogP contribution in [0.4, 0.5) is 0 Å². The van der Waals surface area contributed by atoms with Gasteiger partial charge in [-0.2, -0.15) is 13.8 Å². The molecule has 9 heteroatoms. The molecular weight excluding hydrogens is 464 g/mol. The number of hydrogen-bond donors (Lipinski definition) is 1. The van der Waals surface area contributed by atoms with Crippen LogP contribution in [0.1, 0.15) is 66.0 Å². The molecule has 0 bridgehead atoms. The van der Waals surface area contributed by atoms with Gasteiger partial charge >= 0.3 is 5.97 Å². The predicted octanol–water partition coefficient (Wildman–Crippen LogP) is 4.74. The number of fused-ring (bicyclic) bond motifs is 1. The second kappa shape index (κ2) is 10.4. The molecule has 0 unspecified atom stereocenters. The summed E-state index contributed by atoms with van der Waals surface area (Å²) in [5.41, 5.74) is 6.18. The number of ether oxygens (including phenoxy) is 1. The number of rotatable bonds is 9. The van der Waals surface area contributed by atoms with Gasteiger partial charge in [-0.15, -0.1) is 0 Å².